The van der Waals surface area contributed by atoms with Gasteiger partial charge in [0.25, 0.3) is 0 Å². The van der Waals surface area contributed by atoms with E-state index in [1.54, 1.807) is 0 Å². The third-order valence-electron chi connectivity index (χ3n) is 9.11. The molecule has 44 heavy (non-hydrogen) atoms. The molecule has 0 fully saturated rings. The number of hydrogen-bond donors (Lipinski definition) is 0. The van der Waals surface area contributed by atoms with Crippen LogP contribution in [0.2, 0.25) is 0 Å². The highest BCUT2D eigenvalue weighted by Gasteiger charge is 2.37. The lowest BCUT2D eigenvalue weighted by Crippen LogP contribution is -2.14. The molecule has 0 unspecified atom stereocenters. The van der Waals surface area contributed by atoms with Crippen LogP contribution >= 0.6 is 0 Å². The predicted octanol–water partition coefficient (Wildman–Crippen LogP) is 10.2. The third-order valence-corrected chi connectivity index (χ3v) is 9.11. The summed E-state index contributed by atoms with van der Waals surface area (Å²) in [6.45, 7) is 4.59. The fraction of sp³-hybridized carbons (Fsp3) is 0.0750. The van der Waals surface area contributed by atoms with Gasteiger partial charge in [-0.15, -0.1) is 0 Å². The van der Waals surface area contributed by atoms with E-state index < -0.39 is 0 Å². The number of furan rings is 1. The van der Waals surface area contributed by atoms with Crippen LogP contribution in [0, 0.1) is 0 Å². The Morgan fingerprint density at radius 3 is 1.95 bits per heavy atom. The van der Waals surface area contributed by atoms with Crippen molar-refractivity contribution in [2.75, 3.05) is 0 Å². The van der Waals surface area contributed by atoms with Crippen LogP contribution < -0.4 is 0 Å². The first-order valence-corrected chi connectivity index (χ1v) is 15.0. The molecule has 0 atom stereocenters. The minimum atomic E-state index is -0.113. The van der Waals surface area contributed by atoms with Crippen LogP contribution in [0.3, 0.4) is 0 Å². The fourth-order valence-corrected chi connectivity index (χ4v) is 6.88. The van der Waals surface area contributed by atoms with Crippen LogP contribution in [0.25, 0.3) is 78.0 Å². The summed E-state index contributed by atoms with van der Waals surface area (Å²) < 4.78 is 6.29. The molecule has 9 rings (SSSR count). The first-order valence-electron chi connectivity index (χ1n) is 15.0. The van der Waals surface area contributed by atoms with Gasteiger partial charge in [-0.1, -0.05) is 111 Å². The maximum atomic E-state index is 6.29. The maximum absolute atomic E-state index is 6.29. The van der Waals surface area contributed by atoms with Crippen molar-refractivity contribution >= 4 is 32.7 Å². The van der Waals surface area contributed by atoms with E-state index in [2.05, 4.69) is 111 Å². The first-order chi connectivity index (χ1) is 21.5. The smallest absolute Gasteiger partial charge is 0.164 e. The number of aromatic nitrogens is 3. The minimum Gasteiger partial charge on any atom is -0.456 e. The zero-order valence-corrected chi connectivity index (χ0v) is 24.4. The van der Waals surface area contributed by atoms with Gasteiger partial charge in [0.2, 0.25) is 0 Å². The van der Waals surface area contributed by atoms with E-state index >= 15 is 0 Å². The van der Waals surface area contributed by atoms with Crippen molar-refractivity contribution in [3.05, 3.63) is 139 Å². The molecule has 208 valence electrons. The van der Waals surface area contributed by atoms with Crippen molar-refractivity contribution in [2.24, 2.45) is 0 Å². The standard InChI is InChI=1S/C40H27N3O/c1-40(2)32-17-9-8-15-28(32)36-29(16-10-18-33(36)40)39-42-37(24-11-4-3-5-12-24)41-38(43-39)27-19-20-34-30(22-27)31-21-25-13-6-7-14-26(25)23-35(31)44-34/h3-23H,1-2H3. The number of rotatable bonds is 3. The Labute approximate surface area is 254 Å². The molecular weight excluding hydrogens is 538 g/mol. The lowest BCUT2D eigenvalue weighted by atomic mass is 9.82. The second-order valence-electron chi connectivity index (χ2n) is 12.1. The molecule has 0 spiro atoms. The summed E-state index contributed by atoms with van der Waals surface area (Å²) in [7, 11) is 0. The van der Waals surface area contributed by atoms with Gasteiger partial charge in [0.15, 0.2) is 17.5 Å². The lowest BCUT2D eigenvalue weighted by Gasteiger charge is -2.21. The Balaban J connectivity index is 1.28. The summed E-state index contributed by atoms with van der Waals surface area (Å²) in [5, 5.41) is 4.47. The Hall–Kier alpha value is -5.61. The van der Waals surface area contributed by atoms with Gasteiger partial charge in [-0.25, -0.2) is 15.0 Å². The summed E-state index contributed by atoms with van der Waals surface area (Å²) in [5.74, 6) is 1.95. The van der Waals surface area contributed by atoms with E-state index in [0.29, 0.717) is 17.5 Å². The van der Waals surface area contributed by atoms with Gasteiger partial charge in [0.05, 0.1) is 0 Å². The Morgan fingerprint density at radius 2 is 1.11 bits per heavy atom. The molecule has 0 radical (unpaired) electrons. The molecule has 0 saturated carbocycles. The number of fused-ring (bicyclic) bond motifs is 7. The molecule has 0 saturated heterocycles. The molecule has 4 heteroatoms. The van der Waals surface area contributed by atoms with Gasteiger partial charge in [0, 0.05) is 32.9 Å². The molecule has 0 amide bonds. The molecule has 0 bridgehead atoms. The summed E-state index contributed by atoms with van der Waals surface area (Å²) >= 11 is 0. The average molecular weight is 566 g/mol. The number of nitrogens with zero attached hydrogens (tertiary/aromatic N) is 3. The number of hydrogen-bond acceptors (Lipinski definition) is 4. The van der Waals surface area contributed by atoms with Crippen LogP contribution in [0.1, 0.15) is 25.0 Å². The highest BCUT2D eigenvalue weighted by molar-refractivity contribution is 6.10. The van der Waals surface area contributed by atoms with Gasteiger partial charge >= 0.3 is 0 Å². The normalized spacial score (nSPS) is 13.4. The van der Waals surface area contributed by atoms with Crippen molar-refractivity contribution in [3.63, 3.8) is 0 Å². The van der Waals surface area contributed by atoms with E-state index in [1.807, 2.05) is 30.3 Å². The van der Waals surface area contributed by atoms with E-state index in [0.717, 1.165) is 44.0 Å². The van der Waals surface area contributed by atoms with E-state index in [9.17, 15) is 0 Å². The van der Waals surface area contributed by atoms with Crippen LogP contribution in [-0.2, 0) is 5.41 Å². The highest BCUT2D eigenvalue weighted by atomic mass is 16.3. The average Bonchev–Trinajstić information content (AvgIpc) is 3.54. The van der Waals surface area contributed by atoms with Gasteiger partial charge in [-0.05, 0) is 63.4 Å². The largest absolute Gasteiger partial charge is 0.456 e. The molecule has 6 aromatic carbocycles. The van der Waals surface area contributed by atoms with E-state index in [1.165, 1.54) is 27.6 Å². The van der Waals surface area contributed by atoms with Crippen LogP contribution in [0.4, 0.5) is 0 Å². The highest BCUT2D eigenvalue weighted by Crippen LogP contribution is 2.51. The number of benzene rings is 6. The molecule has 1 aliphatic carbocycles. The van der Waals surface area contributed by atoms with Crippen molar-refractivity contribution < 1.29 is 4.42 Å². The Kier molecular flexibility index (Phi) is 5.21. The van der Waals surface area contributed by atoms with Gasteiger partial charge in [-0.3, -0.25) is 0 Å². The predicted molar refractivity (Wildman–Crippen MR) is 178 cm³/mol. The molecular formula is C40H27N3O. The molecule has 4 nitrogen and oxygen atoms in total. The first kappa shape index (κ1) is 24.9. The molecule has 2 aromatic heterocycles. The van der Waals surface area contributed by atoms with Crippen molar-refractivity contribution in [1.29, 1.82) is 0 Å². The summed E-state index contributed by atoms with van der Waals surface area (Å²) in [6, 6.07) is 44.3. The Morgan fingerprint density at radius 1 is 0.477 bits per heavy atom. The van der Waals surface area contributed by atoms with Crippen LogP contribution in [0.15, 0.2) is 132 Å². The van der Waals surface area contributed by atoms with Gasteiger partial charge in [0.1, 0.15) is 11.2 Å². The lowest BCUT2D eigenvalue weighted by molar-refractivity contribution is 0.660. The summed E-state index contributed by atoms with van der Waals surface area (Å²) in [4.78, 5) is 15.3. The van der Waals surface area contributed by atoms with Crippen molar-refractivity contribution in [2.45, 2.75) is 19.3 Å². The topological polar surface area (TPSA) is 51.8 Å². The van der Waals surface area contributed by atoms with Gasteiger partial charge < -0.3 is 4.42 Å². The maximum Gasteiger partial charge on any atom is 0.164 e. The minimum absolute atomic E-state index is 0.113. The quantitative estimate of drug-likeness (QED) is 0.214. The molecule has 0 aliphatic heterocycles. The van der Waals surface area contributed by atoms with E-state index in [4.69, 9.17) is 19.4 Å². The molecule has 1 aliphatic rings. The summed E-state index contributed by atoms with van der Waals surface area (Å²) in [6.07, 6.45) is 0. The van der Waals surface area contributed by atoms with Crippen molar-refractivity contribution in [3.8, 4) is 45.3 Å². The molecule has 2 heterocycles. The third kappa shape index (κ3) is 3.67. The SMILES string of the molecule is CC1(C)c2ccccc2-c2c(-c3nc(-c4ccccc4)nc(-c4ccc5oc6cc7ccccc7cc6c5c4)n3)cccc21. The fourth-order valence-electron chi connectivity index (χ4n) is 6.88. The van der Waals surface area contributed by atoms with Crippen LogP contribution in [-0.4, -0.2) is 15.0 Å². The monoisotopic (exact) mass is 565 g/mol. The second kappa shape index (κ2) is 9.19. The zero-order chi connectivity index (χ0) is 29.4. The van der Waals surface area contributed by atoms with Gasteiger partial charge in [-0.2, -0.15) is 0 Å². The Bertz CT molecular complexity index is 2420. The molecule has 8 aromatic rings. The van der Waals surface area contributed by atoms with E-state index in [-0.39, 0.29) is 5.41 Å². The van der Waals surface area contributed by atoms with Crippen LogP contribution in [0.5, 0.6) is 0 Å². The molecule has 0 N–H and O–H groups in total. The summed E-state index contributed by atoms with van der Waals surface area (Å²) in [5.41, 5.74) is 9.55. The van der Waals surface area contributed by atoms with Crippen molar-refractivity contribution in [1.82, 2.24) is 15.0 Å². The zero-order valence-electron chi connectivity index (χ0n) is 24.4. The second-order valence-corrected chi connectivity index (χ2v) is 12.1.